The highest BCUT2D eigenvalue weighted by molar-refractivity contribution is 7.89. The molecule has 0 saturated heterocycles. The van der Waals surface area contributed by atoms with Crippen molar-refractivity contribution < 1.29 is 22.7 Å². The fraction of sp³-hybridized carbons (Fsp3) is 0.176. The number of halogens is 1. The number of carbonyl (C=O) groups excluding carboxylic acids is 2. The van der Waals surface area contributed by atoms with Crippen LogP contribution in [0.15, 0.2) is 59.5 Å². The third kappa shape index (κ3) is 4.88. The molecule has 0 aliphatic carbocycles. The number of ketones is 1. The van der Waals surface area contributed by atoms with Gasteiger partial charge in [0, 0.05) is 10.6 Å². The normalized spacial score (nSPS) is 12.4. The van der Waals surface area contributed by atoms with E-state index in [2.05, 4.69) is 4.72 Å². The molecule has 1 N–H and O–H groups in total. The predicted molar refractivity (Wildman–Crippen MR) is 93.0 cm³/mol. The second-order valence-corrected chi connectivity index (χ2v) is 7.14. The first-order valence-corrected chi connectivity index (χ1v) is 9.25. The highest BCUT2D eigenvalue weighted by Gasteiger charge is 2.33. The largest absolute Gasteiger partial charge is 0.464 e. The minimum Gasteiger partial charge on any atom is -0.464 e. The van der Waals surface area contributed by atoms with Crippen LogP contribution in [-0.4, -0.2) is 32.8 Å². The zero-order valence-corrected chi connectivity index (χ0v) is 14.9. The molecule has 0 bridgehead atoms. The molecule has 0 aliphatic rings. The van der Waals surface area contributed by atoms with E-state index in [4.69, 9.17) is 16.3 Å². The van der Waals surface area contributed by atoms with Crippen LogP contribution in [0.2, 0.25) is 5.02 Å². The SMILES string of the molecule is CCOC(=O)C(NS(=O)(=O)c1ccc(Cl)cc1)C(=O)c1ccccc1. The first kappa shape index (κ1) is 19.1. The molecule has 0 saturated carbocycles. The molecule has 8 heteroatoms. The van der Waals surface area contributed by atoms with Crippen molar-refractivity contribution in [2.45, 2.75) is 17.9 Å². The van der Waals surface area contributed by atoms with Crippen LogP contribution in [0.4, 0.5) is 0 Å². The Morgan fingerprint density at radius 3 is 2.24 bits per heavy atom. The van der Waals surface area contributed by atoms with Crippen molar-refractivity contribution >= 4 is 33.4 Å². The molecule has 0 aliphatic heterocycles. The van der Waals surface area contributed by atoms with Crippen molar-refractivity contribution in [3.63, 3.8) is 0 Å². The minimum absolute atomic E-state index is 0.0140. The third-order valence-electron chi connectivity index (χ3n) is 3.24. The highest BCUT2D eigenvalue weighted by Crippen LogP contribution is 2.15. The molecule has 2 aromatic rings. The van der Waals surface area contributed by atoms with Gasteiger partial charge in [-0.1, -0.05) is 41.9 Å². The molecule has 0 radical (unpaired) electrons. The summed E-state index contributed by atoms with van der Waals surface area (Å²) in [4.78, 5) is 24.6. The van der Waals surface area contributed by atoms with Crippen molar-refractivity contribution in [1.29, 1.82) is 0 Å². The van der Waals surface area contributed by atoms with E-state index < -0.39 is 27.8 Å². The first-order chi connectivity index (χ1) is 11.8. The summed E-state index contributed by atoms with van der Waals surface area (Å²) in [6, 6.07) is 11.6. The predicted octanol–water partition coefficient (Wildman–Crippen LogP) is 2.43. The van der Waals surface area contributed by atoms with Crippen LogP contribution in [0.25, 0.3) is 0 Å². The molecule has 0 fully saturated rings. The molecule has 6 nitrogen and oxygen atoms in total. The Kier molecular flexibility index (Phi) is 6.30. The van der Waals surface area contributed by atoms with Crippen molar-refractivity contribution in [3.8, 4) is 0 Å². The average molecular weight is 382 g/mol. The van der Waals surface area contributed by atoms with Crippen LogP contribution in [0.1, 0.15) is 17.3 Å². The van der Waals surface area contributed by atoms with Crippen LogP contribution in [0.5, 0.6) is 0 Å². The Labute approximate surface area is 150 Å². The van der Waals surface area contributed by atoms with Gasteiger partial charge >= 0.3 is 5.97 Å². The number of sulfonamides is 1. The monoisotopic (exact) mass is 381 g/mol. The summed E-state index contributed by atoms with van der Waals surface area (Å²) in [6.45, 7) is 1.58. The third-order valence-corrected chi connectivity index (χ3v) is 4.93. The Morgan fingerprint density at radius 1 is 1.08 bits per heavy atom. The Bertz CT molecular complexity index is 850. The zero-order valence-electron chi connectivity index (χ0n) is 13.3. The molecule has 1 unspecified atom stereocenters. The number of rotatable bonds is 7. The van der Waals surface area contributed by atoms with E-state index in [1.807, 2.05) is 0 Å². The number of hydrogen-bond acceptors (Lipinski definition) is 5. The van der Waals surface area contributed by atoms with Gasteiger partial charge in [-0.25, -0.2) is 13.2 Å². The number of Topliss-reactive ketones (excluding diaryl/α,β-unsaturated/α-hetero) is 1. The van der Waals surface area contributed by atoms with Crippen LogP contribution in [0.3, 0.4) is 0 Å². The van der Waals surface area contributed by atoms with Gasteiger partial charge in [-0.15, -0.1) is 0 Å². The lowest BCUT2D eigenvalue weighted by molar-refractivity contribution is -0.143. The lowest BCUT2D eigenvalue weighted by atomic mass is 10.1. The molecule has 2 rings (SSSR count). The second kappa shape index (κ2) is 8.24. The van der Waals surface area contributed by atoms with Crippen molar-refractivity contribution in [2.24, 2.45) is 0 Å². The summed E-state index contributed by atoms with van der Waals surface area (Å²) in [7, 11) is -4.12. The van der Waals surface area contributed by atoms with Gasteiger partial charge < -0.3 is 4.74 Å². The molecule has 132 valence electrons. The maximum Gasteiger partial charge on any atom is 0.332 e. The minimum atomic E-state index is -4.12. The Hall–Kier alpha value is -2.22. The van der Waals surface area contributed by atoms with E-state index >= 15 is 0 Å². The van der Waals surface area contributed by atoms with E-state index in [-0.39, 0.29) is 17.1 Å². The number of benzene rings is 2. The second-order valence-electron chi connectivity index (χ2n) is 4.99. The smallest absolute Gasteiger partial charge is 0.332 e. The van der Waals surface area contributed by atoms with Crippen LogP contribution in [0, 0.1) is 0 Å². The van der Waals surface area contributed by atoms with E-state index in [1.54, 1.807) is 25.1 Å². The molecular weight excluding hydrogens is 366 g/mol. The summed E-state index contributed by atoms with van der Waals surface area (Å²) < 4.78 is 31.9. The van der Waals surface area contributed by atoms with Gasteiger partial charge in [-0.3, -0.25) is 4.79 Å². The number of carbonyl (C=O) groups is 2. The molecule has 0 heterocycles. The average Bonchev–Trinajstić information content (AvgIpc) is 2.60. The van der Waals surface area contributed by atoms with Crippen molar-refractivity contribution in [1.82, 2.24) is 4.72 Å². The molecule has 25 heavy (non-hydrogen) atoms. The fourth-order valence-corrected chi connectivity index (χ4v) is 3.31. The number of nitrogens with one attached hydrogen (secondary N) is 1. The van der Waals surface area contributed by atoms with Crippen LogP contribution >= 0.6 is 11.6 Å². The van der Waals surface area contributed by atoms with Gasteiger partial charge in [0.2, 0.25) is 10.0 Å². The molecule has 1 atom stereocenters. The first-order valence-electron chi connectivity index (χ1n) is 7.39. The quantitative estimate of drug-likeness (QED) is 0.452. The van der Waals surface area contributed by atoms with Gasteiger partial charge in [0.25, 0.3) is 0 Å². The lowest BCUT2D eigenvalue weighted by Crippen LogP contribution is -2.47. The van der Waals surface area contributed by atoms with E-state index in [1.165, 1.54) is 36.4 Å². The fourth-order valence-electron chi connectivity index (χ4n) is 2.04. The van der Waals surface area contributed by atoms with Gasteiger partial charge in [0.05, 0.1) is 11.5 Å². The summed E-state index contributed by atoms with van der Waals surface area (Å²) in [5, 5.41) is 0.362. The maximum absolute atomic E-state index is 12.6. The summed E-state index contributed by atoms with van der Waals surface area (Å²) >= 11 is 5.75. The molecule has 2 aromatic carbocycles. The highest BCUT2D eigenvalue weighted by atomic mass is 35.5. The van der Waals surface area contributed by atoms with Gasteiger partial charge in [0.15, 0.2) is 11.8 Å². The summed E-state index contributed by atoms with van der Waals surface area (Å²) in [5.41, 5.74) is 0.194. The molecular formula is C17H16ClNO5S. The van der Waals surface area contributed by atoms with E-state index in [0.29, 0.717) is 5.02 Å². The standard InChI is InChI=1S/C17H16ClNO5S/c1-2-24-17(21)15(16(20)12-6-4-3-5-7-12)19-25(22,23)14-10-8-13(18)9-11-14/h3-11,15,19H,2H2,1H3. The van der Waals surface area contributed by atoms with Crippen LogP contribution < -0.4 is 4.72 Å². The Morgan fingerprint density at radius 2 is 1.68 bits per heavy atom. The number of ether oxygens (including phenoxy) is 1. The zero-order chi connectivity index (χ0) is 18.4. The van der Waals surface area contributed by atoms with Crippen molar-refractivity contribution in [2.75, 3.05) is 6.61 Å². The van der Waals surface area contributed by atoms with Crippen LogP contribution in [-0.2, 0) is 19.6 Å². The molecule has 0 spiro atoms. The lowest BCUT2D eigenvalue weighted by Gasteiger charge is -2.16. The summed E-state index contributed by atoms with van der Waals surface area (Å²) in [6.07, 6.45) is 0. The maximum atomic E-state index is 12.6. The van der Waals surface area contributed by atoms with Crippen molar-refractivity contribution in [3.05, 3.63) is 65.2 Å². The topological polar surface area (TPSA) is 89.5 Å². The number of hydrogen-bond donors (Lipinski definition) is 1. The Balaban J connectivity index is 2.34. The number of esters is 1. The van der Waals surface area contributed by atoms with E-state index in [0.717, 1.165) is 0 Å². The van der Waals surface area contributed by atoms with E-state index in [9.17, 15) is 18.0 Å². The van der Waals surface area contributed by atoms with Gasteiger partial charge in [0.1, 0.15) is 0 Å². The summed E-state index contributed by atoms with van der Waals surface area (Å²) in [5.74, 6) is -1.66. The molecule has 0 amide bonds. The van der Waals surface area contributed by atoms with Gasteiger partial charge in [-0.05, 0) is 31.2 Å². The van der Waals surface area contributed by atoms with Gasteiger partial charge in [-0.2, -0.15) is 4.72 Å². The molecule has 0 aromatic heterocycles.